The lowest BCUT2D eigenvalue weighted by Gasteiger charge is -2.34. The molecule has 1 saturated carbocycles. The number of halogens is 1. The smallest absolute Gasteiger partial charge is 0.230 e. The van der Waals surface area contributed by atoms with Gasteiger partial charge in [0.05, 0.1) is 10.3 Å². The molecule has 0 bridgehead atoms. The van der Waals surface area contributed by atoms with E-state index in [0.717, 1.165) is 41.1 Å². The molecule has 3 nitrogen and oxygen atoms in total. The highest BCUT2D eigenvalue weighted by molar-refractivity contribution is 7.16. The van der Waals surface area contributed by atoms with Crippen LogP contribution in [0.1, 0.15) is 43.4 Å². The molecule has 0 spiro atoms. The highest BCUT2D eigenvalue weighted by Gasteiger charge is 2.28. The highest BCUT2D eigenvalue weighted by Crippen LogP contribution is 2.30. The maximum atomic E-state index is 12.6. The van der Waals surface area contributed by atoms with Gasteiger partial charge in [0, 0.05) is 24.0 Å². The molecule has 5 heteroatoms. The summed E-state index contributed by atoms with van der Waals surface area (Å²) in [5.74, 6) is 1.10. The van der Waals surface area contributed by atoms with E-state index in [1.54, 1.807) is 0 Å². The number of amides is 1. The van der Waals surface area contributed by atoms with Gasteiger partial charge in [-0.05, 0) is 57.2 Å². The van der Waals surface area contributed by atoms with Gasteiger partial charge in [-0.1, -0.05) is 11.6 Å². The number of piperidine rings is 1. The van der Waals surface area contributed by atoms with E-state index in [4.69, 9.17) is 11.6 Å². The lowest BCUT2D eigenvalue weighted by Crippen LogP contribution is -2.46. The molecule has 1 atom stereocenters. The third-order valence-electron chi connectivity index (χ3n) is 4.59. The normalized spacial score (nSPS) is 21.5. The Hall–Kier alpha value is -0.580. The number of rotatable bonds is 5. The Kier molecular flexibility index (Phi) is 4.87. The third-order valence-corrected chi connectivity index (χ3v) is 6.00. The summed E-state index contributed by atoms with van der Waals surface area (Å²) in [6, 6.07) is 4.44. The number of carbonyl (C=O) groups excluding carboxylic acids is 1. The Labute approximate surface area is 135 Å². The molecule has 2 heterocycles. The second-order valence-electron chi connectivity index (χ2n) is 6.31. The van der Waals surface area contributed by atoms with Crippen LogP contribution in [0.4, 0.5) is 0 Å². The lowest BCUT2D eigenvalue weighted by atomic mass is 10.0. The van der Waals surface area contributed by atoms with Crippen molar-refractivity contribution in [1.82, 2.24) is 10.2 Å². The Morgan fingerprint density at radius 3 is 2.67 bits per heavy atom. The molecule has 1 aliphatic carbocycles. The molecule has 1 unspecified atom stereocenters. The van der Waals surface area contributed by atoms with Crippen molar-refractivity contribution in [2.45, 2.75) is 44.6 Å². The standard InChI is InChI=1S/C16H23ClN2OS/c1-11(14-4-5-15(17)21-14)16(20)19-8-6-13(7-9-19)18-10-12-2-3-12/h4-5,11-13,18H,2-3,6-10H2,1H3. The van der Waals surface area contributed by atoms with E-state index in [2.05, 4.69) is 5.32 Å². The number of carbonyl (C=O) groups is 1. The van der Waals surface area contributed by atoms with Crippen LogP contribution in [0.5, 0.6) is 0 Å². The molecule has 0 radical (unpaired) electrons. The van der Waals surface area contributed by atoms with E-state index >= 15 is 0 Å². The fourth-order valence-electron chi connectivity index (χ4n) is 2.92. The van der Waals surface area contributed by atoms with E-state index < -0.39 is 0 Å². The minimum absolute atomic E-state index is 0.0709. The van der Waals surface area contributed by atoms with Gasteiger partial charge in [0.1, 0.15) is 0 Å². The molecule has 3 rings (SSSR count). The van der Waals surface area contributed by atoms with Crippen LogP contribution in [0, 0.1) is 5.92 Å². The van der Waals surface area contributed by atoms with Gasteiger partial charge in [-0.15, -0.1) is 11.3 Å². The molecule has 116 valence electrons. The summed E-state index contributed by atoms with van der Waals surface area (Å²) in [5, 5.41) is 3.65. The molecular weight excluding hydrogens is 304 g/mol. The summed E-state index contributed by atoms with van der Waals surface area (Å²) in [6.45, 7) is 4.92. The van der Waals surface area contributed by atoms with Crippen LogP contribution in [0.3, 0.4) is 0 Å². The van der Waals surface area contributed by atoms with E-state index in [-0.39, 0.29) is 11.8 Å². The van der Waals surface area contributed by atoms with Crippen molar-refractivity contribution < 1.29 is 4.79 Å². The van der Waals surface area contributed by atoms with Crippen molar-refractivity contribution in [3.63, 3.8) is 0 Å². The van der Waals surface area contributed by atoms with Gasteiger partial charge in [0.15, 0.2) is 0 Å². The lowest BCUT2D eigenvalue weighted by molar-refractivity contribution is -0.133. The van der Waals surface area contributed by atoms with Crippen LogP contribution in [0.2, 0.25) is 4.34 Å². The Morgan fingerprint density at radius 2 is 2.10 bits per heavy atom. The van der Waals surface area contributed by atoms with E-state index in [1.165, 1.54) is 30.7 Å². The third kappa shape index (κ3) is 3.99. The average Bonchev–Trinajstić information content (AvgIpc) is 3.24. The van der Waals surface area contributed by atoms with Crippen LogP contribution in [0.15, 0.2) is 12.1 Å². The number of hydrogen-bond acceptors (Lipinski definition) is 3. The first-order valence-electron chi connectivity index (χ1n) is 7.91. The quantitative estimate of drug-likeness (QED) is 0.898. The van der Waals surface area contributed by atoms with Crippen molar-refractivity contribution in [3.8, 4) is 0 Å². The SMILES string of the molecule is CC(C(=O)N1CCC(NCC2CC2)CC1)c1ccc(Cl)s1. The van der Waals surface area contributed by atoms with Crippen LogP contribution >= 0.6 is 22.9 Å². The number of nitrogens with one attached hydrogen (secondary N) is 1. The van der Waals surface area contributed by atoms with Crippen LogP contribution < -0.4 is 5.32 Å². The first-order chi connectivity index (χ1) is 10.1. The molecule has 1 N–H and O–H groups in total. The highest BCUT2D eigenvalue weighted by atomic mass is 35.5. The molecule has 2 aliphatic rings. The van der Waals surface area contributed by atoms with E-state index in [1.807, 2.05) is 24.0 Å². The molecule has 1 aromatic heterocycles. The summed E-state index contributed by atoms with van der Waals surface area (Å²) in [6.07, 6.45) is 4.95. The zero-order valence-electron chi connectivity index (χ0n) is 12.5. The number of nitrogens with zero attached hydrogens (tertiary/aromatic N) is 1. The molecular formula is C16H23ClN2OS. The predicted molar refractivity (Wildman–Crippen MR) is 88.1 cm³/mol. The number of thiophene rings is 1. The van der Waals surface area contributed by atoms with Crippen molar-refractivity contribution >= 4 is 28.8 Å². The van der Waals surface area contributed by atoms with Gasteiger partial charge >= 0.3 is 0 Å². The maximum Gasteiger partial charge on any atom is 0.230 e. The van der Waals surface area contributed by atoms with E-state index in [0.29, 0.717) is 6.04 Å². The van der Waals surface area contributed by atoms with Gasteiger partial charge in [0.2, 0.25) is 5.91 Å². The summed E-state index contributed by atoms with van der Waals surface area (Å²) in [4.78, 5) is 15.6. The van der Waals surface area contributed by atoms with Crippen molar-refractivity contribution in [3.05, 3.63) is 21.3 Å². The Bertz CT molecular complexity index is 492. The largest absolute Gasteiger partial charge is 0.342 e. The minimum Gasteiger partial charge on any atom is -0.342 e. The first-order valence-corrected chi connectivity index (χ1v) is 9.10. The van der Waals surface area contributed by atoms with Crippen molar-refractivity contribution in [1.29, 1.82) is 0 Å². The molecule has 1 aliphatic heterocycles. The fraction of sp³-hybridized carbons (Fsp3) is 0.688. The molecule has 1 amide bonds. The summed E-state index contributed by atoms with van der Waals surface area (Å²) in [5.41, 5.74) is 0. The maximum absolute atomic E-state index is 12.6. The van der Waals surface area contributed by atoms with Crippen LogP contribution in [0.25, 0.3) is 0 Å². The molecule has 2 fully saturated rings. The fourth-order valence-corrected chi connectivity index (χ4v) is 4.02. The van der Waals surface area contributed by atoms with Gasteiger partial charge in [-0.3, -0.25) is 4.79 Å². The zero-order chi connectivity index (χ0) is 14.8. The zero-order valence-corrected chi connectivity index (χ0v) is 14.1. The summed E-state index contributed by atoms with van der Waals surface area (Å²) in [7, 11) is 0. The Balaban J connectivity index is 1.47. The molecule has 1 saturated heterocycles. The topological polar surface area (TPSA) is 32.3 Å². The summed E-state index contributed by atoms with van der Waals surface area (Å²) < 4.78 is 0.757. The van der Waals surface area contributed by atoms with E-state index in [9.17, 15) is 4.79 Å². The average molecular weight is 327 g/mol. The minimum atomic E-state index is -0.0709. The van der Waals surface area contributed by atoms with Crippen molar-refractivity contribution in [2.24, 2.45) is 5.92 Å². The second-order valence-corrected chi connectivity index (χ2v) is 8.06. The van der Waals surface area contributed by atoms with Crippen LogP contribution in [-0.2, 0) is 4.79 Å². The first kappa shape index (κ1) is 15.3. The van der Waals surface area contributed by atoms with Gasteiger partial charge in [-0.2, -0.15) is 0 Å². The van der Waals surface area contributed by atoms with Gasteiger partial charge in [0.25, 0.3) is 0 Å². The van der Waals surface area contributed by atoms with Gasteiger partial charge in [-0.25, -0.2) is 0 Å². The monoisotopic (exact) mass is 326 g/mol. The van der Waals surface area contributed by atoms with Crippen molar-refractivity contribution in [2.75, 3.05) is 19.6 Å². The molecule has 1 aromatic rings. The molecule has 0 aromatic carbocycles. The number of hydrogen-bond donors (Lipinski definition) is 1. The Morgan fingerprint density at radius 1 is 1.38 bits per heavy atom. The second kappa shape index (κ2) is 6.67. The predicted octanol–water partition coefficient (Wildman–Crippen LogP) is 3.50. The van der Waals surface area contributed by atoms with Gasteiger partial charge < -0.3 is 10.2 Å². The van der Waals surface area contributed by atoms with Crippen LogP contribution in [-0.4, -0.2) is 36.5 Å². The number of likely N-dealkylation sites (tertiary alicyclic amines) is 1. The summed E-state index contributed by atoms with van der Waals surface area (Å²) >= 11 is 7.48. The molecule has 21 heavy (non-hydrogen) atoms.